The molecule has 1 heterocycles. The Morgan fingerprint density at radius 3 is 2.48 bits per heavy atom. The molecule has 0 aliphatic rings. The molecule has 0 radical (unpaired) electrons. The summed E-state index contributed by atoms with van der Waals surface area (Å²) in [5.74, 6) is 1.13. The molecule has 0 aliphatic carbocycles. The van der Waals surface area contributed by atoms with E-state index in [4.69, 9.17) is 4.74 Å². The Kier molecular flexibility index (Phi) is 6.79. The molecule has 3 aromatic carbocycles. The molecular formula is C25H23N3O2S. The molecule has 0 saturated carbocycles. The lowest BCUT2D eigenvalue weighted by Gasteiger charge is -2.06. The van der Waals surface area contributed by atoms with Crippen LogP contribution < -0.4 is 10.1 Å². The third-order valence-electron chi connectivity index (χ3n) is 4.93. The Balaban J connectivity index is 1.26. The van der Waals surface area contributed by atoms with Gasteiger partial charge in [-0.15, -0.1) is 10.2 Å². The van der Waals surface area contributed by atoms with Gasteiger partial charge in [0.1, 0.15) is 10.8 Å². The number of amides is 1. The van der Waals surface area contributed by atoms with Crippen molar-refractivity contribution in [3.63, 3.8) is 0 Å². The quantitative estimate of drug-likeness (QED) is 0.409. The Labute approximate surface area is 185 Å². The second-order valence-electron chi connectivity index (χ2n) is 7.06. The molecule has 6 heteroatoms. The molecule has 0 bridgehead atoms. The number of rotatable bonds is 8. The second kappa shape index (κ2) is 10.1. The zero-order chi connectivity index (χ0) is 21.5. The highest BCUT2D eigenvalue weighted by Gasteiger charge is 2.06. The Morgan fingerprint density at radius 2 is 1.74 bits per heavy atom. The highest BCUT2D eigenvalue weighted by atomic mass is 32.2. The van der Waals surface area contributed by atoms with Crippen LogP contribution in [-0.4, -0.2) is 35.5 Å². The number of benzene rings is 3. The molecule has 0 saturated heterocycles. The van der Waals surface area contributed by atoms with Gasteiger partial charge >= 0.3 is 0 Å². The van der Waals surface area contributed by atoms with Crippen molar-refractivity contribution in [2.24, 2.45) is 0 Å². The largest absolute Gasteiger partial charge is 0.497 e. The smallest absolute Gasteiger partial charge is 0.230 e. The maximum atomic E-state index is 12.1. The Morgan fingerprint density at radius 1 is 0.935 bits per heavy atom. The number of hydrogen-bond donors (Lipinski definition) is 1. The lowest BCUT2D eigenvalue weighted by Crippen LogP contribution is -2.27. The predicted octanol–water partition coefficient (Wildman–Crippen LogP) is 4.76. The van der Waals surface area contributed by atoms with Crippen LogP contribution >= 0.6 is 11.8 Å². The first kappa shape index (κ1) is 20.9. The molecule has 0 aliphatic heterocycles. The fourth-order valence-corrected chi connectivity index (χ4v) is 3.87. The number of hydrogen-bond acceptors (Lipinski definition) is 5. The van der Waals surface area contributed by atoms with Crippen molar-refractivity contribution >= 4 is 28.4 Å². The van der Waals surface area contributed by atoms with Crippen LogP contribution in [0.25, 0.3) is 22.0 Å². The van der Waals surface area contributed by atoms with Gasteiger partial charge < -0.3 is 10.1 Å². The number of ether oxygens (including phenoxy) is 1. The summed E-state index contributed by atoms with van der Waals surface area (Å²) in [5, 5.41) is 14.7. The first-order valence-corrected chi connectivity index (χ1v) is 11.1. The van der Waals surface area contributed by atoms with Crippen LogP contribution in [0.5, 0.6) is 5.75 Å². The van der Waals surface area contributed by atoms with Crippen molar-refractivity contribution in [1.29, 1.82) is 0 Å². The standard InChI is InChI=1S/C25H23N3O2S/c1-30-22-10-6-18(7-11-22)14-15-26-24(29)17-31-25-13-12-23(27-28-25)21-9-8-19-4-2-3-5-20(19)16-21/h2-13,16H,14-15,17H2,1H3,(H,26,29). The molecule has 5 nitrogen and oxygen atoms in total. The summed E-state index contributed by atoms with van der Waals surface area (Å²) in [4.78, 5) is 12.1. The number of carbonyl (C=O) groups excluding carboxylic acids is 1. The average molecular weight is 430 g/mol. The summed E-state index contributed by atoms with van der Waals surface area (Å²) in [7, 11) is 1.65. The topological polar surface area (TPSA) is 64.1 Å². The number of nitrogens with one attached hydrogen (secondary N) is 1. The van der Waals surface area contributed by atoms with E-state index in [1.165, 1.54) is 22.5 Å². The van der Waals surface area contributed by atoms with Gasteiger partial charge in [-0.1, -0.05) is 60.3 Å². The van der Waals surface area contributed by atoms with Gasteiger partial charge in [-0.25, -0.2) is 0 Å². The van der Waals surface area contributed by atoms with Crippen LogP contribution in [-0.2, 0) is 11.2 Å². The molecule has 0 spiro atoms. The van der Waals surface area contributed by atoms with Gasteiger partial charge in [0.25, 0.3) is 0 Å². The van der Waals surface area contributed by atoms with E-state index in [0.29, 0.717) is 12.3 Å². The molecule has 0 atom stereocenters. The molecule has 0 fully saturated rings. The molecule has 31 heavy (non-hydrogen) atoms. The fraction of sp³-hybridized carbons (Fsp3) is 0.160. The van der Waals surface area contributed by atoms with E-state index < -0.39 is 0 Å². The monoisotopic (exact) mass is 429 g/mol. The molecule has 156 valence electrons. The van der Waals surface area contributed by atoms with Crippen molar-refractivity contribution in [2.75, 3.05) is 19.4 Å². The molecule has 4 aromatic rings. The molecule has 0 unspecified atom stereocenters. The van der Waals surface area contributed by atoms with E-state index in [0.717, 1.165) is 34.0 Å². The number of methoxy groups -OCH3 is 1. The summed E-state index contributed by atoms with van der Waals surface area (Å²) in [6.07, 6.45) is 0.778. The number of carbonyl (C=O) groups is 1. The molecule has 1 aromatic heterocycles. The summed E-state index contributed by atoms with van der Waals surface area (Å²) in [6.45, 7) is 0.596. The van der Waals surface area contributed by atoms with Crippen LogP contribution in [0.3, 0.4) is 0 Å². The van der Waals surface area contributed by atoms with Crippen LogP contribution in [0, 0.1) is 0 Å². The average Bonchev–Trinajstić information content (AvgIpc) is 2.83. The minimum absolute atomic E-state index is 0.0149. The van der Waals surface area contributed by atoms with Crippen molar-refractivity contribution in [3.05, 3.63) is 84.4 Å². The maximum Gasteiger partial charge on any atom is 0.230 e. The fourth-order valence-electron chi connectivity index (χ4n) is 3.23. The SMILES string of the molecule is COc1ccc(CCNC(=O)CSc2ccc(-c3ccc4ccccc4c3)nn2)cc1. The highest BCUT2D eigenvalue weighted by Crippen LogP contribution is 2.24. The summed E-state index contributed by atoms with van der Waals surface area (Å²) in [6, 6.07) is 26.2. The van der Waals surface area contributed by atoms with Gasteiger partial charge in [0.05, 0.1) is 18.6 Å². The van der Waals surface area contributed by atoms with E-state index in [2.05, 4.69) is 45.8 Å². The minimum Gasteiger partial charge on any atom is -0.497 e. The third-order valence-corrected chi connectivity index (χ3v) is 5.85. The molecule has 4 rings (SSSR count). The summed E-state index contributed by atoms with van der Waals surface area (Å²) >= 11 is 1.38. The first-order chi connectivity index (χ1) is 15.2. The molecule has 1 amide bonds. The normalized spacial score (nSPS) is 10.7. The zero-order valence-electron chi connectivity index (χ0n) is 17.2. The number of thioether (sulfide) groups is 1. The van der Waals surface area contributed by atoms with E-state index in [9.17, 15) is 4.79 Å². The first-order valence-electron chi connectivity index (χ1n) is 10.1. The van der Waals surface area contributed by atoms with Gasteiger partial charge in [0.15, 0.2) is 0 Å². The van der Waals surface area contributed by atoms with Crippen LogP contribution in [0.4, 0.5) is 0 Å². The molecule has 1 N–H and O–H groups in total. The second-order valence-corrected chi connectivity index (χ2v) is 8.05. The summed E-state index contributed by atoms with van der Waals surface area (Å²) in [5.41, 5.74) is 3.00. The van der Waals surface area contributed by atoms with Crippen LogP contribution in [0.2, 0.25) is 0 Å². The van der Waals surface area contributed by atoms with Gasteiger partial charge in [-0.3, -0.25) is 4.79 Å². The van der Waals surface area contributed by atoms with Gasteiger partial charge in [0, 0.05) is 12.1 Å². The minimum atomic E-state index is -0.0149. The highest BCUT2D eigenvalue weighted by molar-refractivity contribution is 7.99. The Bertz CT molecular complexity index is 1160. The van der Waals surface area contributed by atoms with Gasteiger partial charge in [-0.05, 0) is 53.1 Å². The van der Waals surface area contributed by atoms with E-state index in [1.54, 1.807) is 7.11 Å². The number of fused-ring (bicyclic) bond motifs is 1. The zero-order valence-corrected chi connectivity index (χ0v) is 18.1. The van der Waals surface area contributed by atoms with E-state index in [-0.39, 0.29) is 5.91 Å². The third kappa shape index (κ3) is 5.61. The van der Waals surface area contributed by atoms with Crippen LogP contribution in [0.15, 0.2) is 83.9 Å². The van der Waals surface area contributed by atoms with Gasteiger partial charge in [0.2, 0.25) is 5.91 Å². The van der Waals surface area contributed by atoms with E-state index >= 15 is 0 Å². The van der Waals surface area contributed by atoms with Crippen LogP contribution in [0.1, 0.15) is 5.56 Å². The van der Waals surface area contributed by atoms with Gasteiger partial charge in [-0.2, -0.15) is 0 Å². The molecular weight excluding hydrogens is 406 g/mol. The maximum absolute atomic E-state index is 12.1. The van der Waals surface area contributed by atoms with Crippen molar-refractivity contribution in [3.8, 4) is 17.0 Å². The van der Waals surface area contributed by atoms with Crippen molar-refractivity contribution < 1.29 is 9.53 Å². The lowest BCUT2D eigenvalue weighted by molar-refractivity contribution is -0.118. The number of nitrogens with zero attached hydrogens (tertiary/aromatic N) is 2. The lowest BCUT2D eigenvalue weighted by atomic mass is 10.1. The van der Waals surface area contributed by atoms with Crippen molar-refractivity contribution in [2.45, 2.75) is 11.4 Å². The number of aromatic nitrogens is 2. The van der Waals surface area contributed by atoms with E-state index in [1.807, 2.05) is 48.5 Å². The van der Waals surface area contributed by atoms with Crippen molar-refractivity contribution in [1.82, 2.24) is 15.5 Å². The predicted molar refractivity (Wildman–Crippen MR) is 125 cm³/mol. The summed E-state index contributed by atoms with van der Waals surface area (Å²) < 4.78 is 5.15. The Hall–Kier alpha value is -3.38.